The molecule has 3 heteroatoms. The third kappa shape index (κ3) is 3.38. The second kappa shape index (κ2) is 7.68. The maximum atomic E-state index is 14.3. The maximum absolute atomic E-state index is 14.3. The van der Waals surface area contributed by atoms with Gasteiger partial charge in [0.1, 0.15) is 0 Å². The predicted octanol–water partition coefficient (Wildman–Crippen LogP) is 5.65. The molecule has 1 spiro atoms. The Balaban J connectivity index is 1.08. The highest BCUT2D eigenvalue weighted by molar-refractivity contribution is 5.84. The molecule has 0 N–H and O–H groups in total. The zero-order valence-corrected chi connectivity index (χ0v) is 20.4. The van der Waals surface area contributed by atoms with E-state index in [1.54, 1.807) is 0 Å². The lowest BCUT2D eigenvalue weighted by Crippen LogP contribution is -2.59. The second-order valence-corrected chi connectivity index (χ2v) is 12.8. The standard InChI is InChI=1S/C31H38N2O/c34-28(33-14-12-29(23-33)11-13-32(22-29)20-24-7-3-1-4-8-24)31-18-25-15-26(19-31)17-30(16-25,21-31)27-9-5-2-6-10-27/h1-10,25-26H,11-23H2. The molecule has 178 valence electrons. The molecule has 3 nitrogen and oxygen atoms in total. The zero-order valence-electron chi connectivity index (χ0n) is 20.4. The van der Waals surface area contributed by atoms with Crippen LogP contribution in [-0.4, -0.2) is 41.9 Å². The number of hydrogen-bond acceptors (Lipinski definition) is 2. The van der Waals surface area contributed by atoms with Gasteiger partial charge in [0, 0.05) is 31.6 Å². The number of nitrogens with zero attached hydrogens (tertiary/aromatic N) is 2. The Morgan fingerprint density at radius 3 is 2.24 bits per heavy atom. The normalized spacial score (nSPS) is 38.8. The van der Waals surface area contributed by atoms with Crippen LogP contribution in [0.1, 0.15) is 62.5 Å². The molecule has 6 aliphatic rings. The fraction of sp³-hybridized carbons (Fsp3) is 0.581. The quantitative estimate of drug-likeness (QED) is 0.596. The largest absolute Gasteiger partial charge is 0.342 e. The Labute approximate surface area is 204 Å². The van der Waals surface area contributed by atoms with E-state index < -0.39 is 0 Å². The van der Waals surface area contributed by atoms with E-state index in [0.717, 1.165) is 57.3 Å². The number of likely N-dealkylation sites (tertiary alicyclic amines) is 2. The minimum absolute atomic E-state index is 0.0895. The van der Waals surface area contributed by atoms with Crippen molar-refractivity contribution in [2.24, 2.45) is 22.7 Å². The summed E-state index contributed by atoms with van der Waals surface area (Å²) in [5, 5.41) is 0. The van der Waals surface area contributed by atoms with Crippen LogP contribution in [0.3, 0.4) is 0 Å². The summed E-state index contributed by atoms with van der Waals surface area (Å²) in [5.41, 5.74) is 3.40. The molecule has 4 aliphatic carbocycles. The zero-order chi connectivity index (χ0) is 22.8. The van der Waals surface area contributed by atoms with Gasteiger partial charge in [0.15, 0.2) is 0 Å². The van der Waals surface area contributed by atoms with Gasteiger partial charge in [0.2, 0.25) is 5.91 Å². The summed E-state index contributed by atoms with van der Waals surface area (Å²) < 4.78 is 0. The SMILES string of the molecule is O=C(N1CCC2(CCN(Cc3ccccc3)C2)C1)C12CC3CC(C1)CC(c1ccccc1)(C3)C2. The predicted molar refractivity (Wildman–Crippen MR) is 135 cm³/mol. The van der Waals surface area contributed by atoms with E-state index in [9.17, 15) is 4.79 Å². The Morgan fingerprint density at radius 1 is 0.824 bits per heavy atom. The van der Waals surface area contributed by atoms with Crippen molar-refractivity contribution in [2.75, 3.05) is 26.2 Å². The van der Waals surface area contributed by atoms with Gasteiger partial charge in [0.05, 0.1) is 5.41 Å². The first-order valence-corrected chi connectivity index (χ1v) is 13.7. The average Bonchev–Trinajstić information content (AvgIpc) is 3.45. The molecule has 2 saturated heterocycles. The van der Waals surface area contributed by atoms with Crippen molar-refractivity contribution in [1.29, 1.82) is 0 Å². The van der Waals surface area contributed by atoms with Gasteiger partial charge in [-0.15, -0.1) is 0 Å². The number of amides is 1. The molecule has 2 heterocycles. The van der Waals surface area contributed by atoms with Crippen LogP contribution < -0.4 is 0 Å². The van der Waals surface area contributed by atoms with Crippen LogP contribution in [0.2, 0.25) is 0 Å². The van der Waals surface area contributed by atoms with Crippen LogP contribution in [-0.2, 0) is 16.8 Å². The lowest BCUT2D eigenvalue weighted by atomic mass is 9.42. The number of hydrogen-bond donors (Lipinski definition) is 0. The van der Waals surface area contributed by atoms with Crippen LogP contribution in [0, 0.1) is 22.7 Å². The average molecular weight is 455 g/mol. The molecule has 3 atom stereocenters. The molecular weight excluding hydrogens is 416 g/mol. The number of carbonyl (C=O) groups is 1. The Hall–Kier alpha value is -2.13. The molecule has 4 saturated carbocycles. The van der Waals surface area contributed by atoms with Crippen molar-refractivity contribution in [3.63, 3.8) is 0 Å². The van der Waals surface area contributed by atoms with Crippen molar-refractivity contribution in [3.8, 4) is 0 Å². The third-order valence-electron chi connectivity index (χ3n) is 10.4. The van der Waals surface area contributed by atoms with Gasteiger partial charge in [-0.25, -0.2) is 0 Å². The molecule has 6 fully saturated rings. The van der Waals surface area contributed by atoms with Gasteiger partial charge in [-0.3, -0.25) is 9.69 Å². The first-order chi connectivity index (χ1) is 16.6. The van der Waals surface area contributed by atoms with Crippen LogP contribution >= 0.6 is 0 Å². The van der Waals surface area contributed by atoms with Gasteiger partial charge in [0.25, 0.3) is 0 Å². The summed E-state index contributed by atoms with van der Waals surface area (Å²) in [6, 6.07) is 22.1. The molecule has 0 aromatic heterocycles. The second-order valence-electron chi connectivity index (χ2n) is 12.8. The van der Waals surface area contributed by atoms with Gasteiger partial charge >= 0.3 is 0 Å². The monoisotopic (exact) mass is 454 g/mol. The van der Waals surface area contributed by atoms with Crippen LogP contribution in [0.4, 0.5) is 0 Å². The van der Waals surface area contributed by atoms with E-state index >= 15 is 0 Å². The number of rotatable bonds is 4. The summed E-state index contributed by atoms with van der Waals surface area (Å²) in [6.07, 6.45) is 9.82. The van der Waals surface area contributed by atoms with E-state index in [0.29, 0.717) is 11.3 Å². The molecule has 3 unspecified atom stereocenters. The number of benzene rings is 2. The minimum atomic E-state index is -0.0895. The van der Waals surface area contributed by atoms with Gasteiger partial charge in [-0.2, -0.15) is 0 Å². The minimum Gasteiger partial charge on any atom is -0.342 e. The molecule has 0 radical (unpaired) electrons. The van der Waals surface area contributed by atoms with Crippen LogP contribution in [0.5, 0.6) is 0 Å². The van der Waals surface area contributed by atoms with E-state index in [1.165, 1.54) is 49.8 Å². The summed E-state index contributed by atoms with van der Waals surface area (Å²) in [4.78, 5) is 19.3. The molecule has 1 amide bonds. The molecule has 4 bridgehead atoms. The third-order valence-corrected chi connectivity index (χ3v) is 10.4. The van der Waals surface area contributed by atoms with Crippen molar-refractivity contribution < 1.29 is 4.79 Å². The van der Waals surface area contributed by atoms with Crippen molar-refractivity contribution in [1.82, 2.24) is 9.80 Å². The van der Waals surface area contributed by atoms with E-state index in [4.69, 9.17) is 0 Å². The molecule has 2 aromatic carbocycles. The first kappa shape index (κ1) is 21.2. The van der Waals surface area contributed by atoms with E-state index in [2.05, 4.69) is 70.5 Å². The smallest absolute Gasteiger partial charge is 0.228 e. The Morgan fingerprint density at radius 2 is 1.50 bits per heavy atom. The lowest BCUT2D eigenvalue weighted by Gasteiger charge is -2.62. The van der Waals surface area contributed by atoms with Crippen molar-refractivity contribution in [2.45, 2.75) is 63.3 Å². The first-order valence-electron chi connectivity index (χ1n) is 13.7. The number of carbonyl (C=O) groups excluding carboxylic acids is 1. The van der Waals surface area contributed by atoms with Crippen molar-refractivity contribution >= 4 is 5.91 Å². The Kier molecular flexibility index (Phi) is 4.79. The van der Waals surface area contributed by atoms with E-state index in [-0.39, 0.29) is 10.8 Å². The maximum Gasteiger partial charge on any atom is 0.228 e. The van der Waals surface area contributed by atoms with Crippen LogP contribution in [0.25, 0.3) is 0 Å². The lowest BCUT2D eigenvalue weighted by molar-refractivity contribution is -0.159. The van der Waals surface area contributed by atoms with Crippen LogP contribution in [0.15, 0.2) is 60.7 Å². The fourth-order valence-electron chi connectivity index (χ4n) is 9.42. The summed E-state index contributed by atoms with van der Waals surface area (Å²) >= 11 is 0. The molecule has 2 aromatic rings. The fourth-order valence-corrected chi connectivity index (χ4v) is 9.42. The molecule has 2 aliphatic heterocycles. The molecule has 34 heavy (non-hydrogen) atoms. The van der Waals surface area contributed by atoms with Crippen molar-refractivity contribution in [3.05, 3.63) is 71.8 Å². The molecular formula is C31H38N2O. The van der Waals surface area contributed by atoms with Gasteiger partial charge < -0.3 is 4.90 Å². The Bertz CT molecular complexity index is 1050. The van der Waals surface area contributed by atoms with E-state index in [1.807, 2.05) is 0 Å². The van der Waals surface area contributed by atoms with Gasteiger partial charge in [-0.05, 0) is 86.3 Å². The summed E-state index contributed by atoms with van der Waals surface area (Å²) in [6.45, 7) is 5.34. The summed E-state index contributed by atoms with van der Waals surface area (Å²) in [5.74, 6) is 2.02. The summed E-state index contributed by atoms with van der Waals surface area (Å²) in [7, 11) is 0. The highest BCUT2D eigenvalue weighted by Gasteiger charge is 2.62. The highest BCUT2D eigenvalue weighted by atomic mass is 16.2. The highest BCUT2D eigenvalue weighted by Crippen LogP contribution is 2.66. The molecule has 8 rings (SSSR count). The topological polar surface area (TPSA) is 23.6 Å². The van der Waals surface area contributed by atoms with Gasteiger partial charge in [-0.1, -0.05) is 60.7 Å².